The molecule has 1 aliphatic carbocycles. The van der Waals surface area contributed by atoms with Crippen molar-refractivity contribution in [3.63, 3.8) is 0 Å². The first-order chi connectivity index (χ1) is 7.83. The van der Waals surface area contributed by atoms with Gasteiger partial charge >= 0.3 is 0 Å². The Labute approximate surface area is 101 Å². The lowest BCUT2D eigenvalue weighted by atomic mass is 9.92. The number of hydrogen-bond acceptors (Lipinski definition) is 2. The van der Waals surface area contributed by atoms with Crippen LogP contribution in [0, 0.1) is 17.8 Å². The Morgan fingerprint density at radius 3 is 2.69 bits per heavy atom. The first-order valence-electron chi connectivity index (χ1n) is 7.26. The van der Waals surface area contributed by atoms with Gasteiger partial charge in [-0.2, -0.15) is 0 Å². The molecular weight excluding hydrogens is 196 g/mol. The van der Waals surface area contributed by atoms with Gasteiger partial charge in [0.05, 0.1) is 0 Å². The molecule has 3 unspecified atom stereocenters. The monoisotopic (exact) mass is 224 g/mol. The molecule has 94 valence electrons. The molecule has 16 heavy (non-hydrogen) atoms. The Bertz CT molecular complexity index is 205. The van der Waals surface area contributed by atoms with Crippen LogP contribution in [-0.2, 0) is 0 Å². The van der Waals surface area contributed by atoms with E-state index < -0.39 is 0 Å². The van der Waals surface area contributed by atoms with E-state index in [4.69, 9.17) is 5.73 Å². The largest absolute Gasteiger partial charge is 0.330 e. The van der Waals surface area contributed by atoms with Crippen molar-refractivity contribution in [1.82, 2.24) is 4.90 Å². The lowest BCUT2D eigenvalue weighted by Gasteiger charge is -2.35. The molecule has 2 fully saturated rings. The predicted molar refractivity (Wildman–Crippen MR) is 69.3 cm³/mol. The molecule has 2 nitrogen and oxygen atoms in total. The van der Waals surface area contributed by atoms with Gasteiger partial charge in [0.2, 0.25) is 0 Å². The zero-order chi connectivity index (χ0) is 11.4. The lowest BCUT2D eigenvalue weighted by molar-refractivity contribution is 0.138. The summed E-state index contributed by atoms with van der Waals surface area (Å²) in [6.07, 6.45) is 8.46. The highest BCUT2D eigenvalue weighted by Crippen LogP contribution is 2.32. The molecule has 0 bridgehead atoms. The third kappa shape index (κ3) is 2.98. The second-order valence-corrected chi connectivity index (χ2v) is 5.86. The molecule has 0 spiro atoms. The Hall–Kier alpha value is -0.0800. The fraction of sp³-hybridized carbons (Fsp3) is 1.00. The molecule has 1 saturated heterocycles. The summed E-state index contributed by atoms with van der Waals surface area (Å²) in [4.78, 5) is 2.72. The molecule has 0 radical (unpaired) electrons. The lowest BCUT2D eigenvalue weighted by Crippen LogP contribution is -2.39. The number of rotatable bonds is 4. The number of nitrogens with two attached hydrogens (primary N) is 1. The van der Waals surface area contributed by atoms with E-state index in [1.165, 1.54) is 58.2 Å². The Kier molecular flexibility index (Phi) is 4.66. The van der Waals surface area contributed by atoms with Gasteiger partial charge in [-0.3, -0.25) is 0 Å². The molecule has 0 amide bonds. The normalized spacial score (nSPS) is 36.8. The zero-order valence-corrected chi connectivity index (χ0v) is 10.8. The number of likely N-dealkylation sites (tertiary alicyclic amines) is 1. The summed E-state index contributed by atoms with van der Waals surface area (Å²) in [6, 6.07) is 0. The van der Waals surface area contributed by atoms with Crippen molar-refractivity contribution in [2.45, 2.75) is 45.4 Å². The zero-order valence-electron chi connectivity index (χ0n) is 10.8. The van der Waals surface area contributed by atoms with Crippen molar-refractivity contribution in [2.24, 2.45) is 23.5 Å². The highest BCUT2D eigenvalue weighted by atomic mass is 15.1. The van der Waals surface area contributed by atoms with Crippen molar-refractivity contribution in [3.05, 3.63) is 0 Å². The summed E-state index contributed by atoms with van der Waals surface area (Å²) in [5, 5.41) is 0. The van der Waals surface area contributed by atoms with E-state index in [1.54, 1.807) is 0 Å². The molecule has 1 saturated carbocycles. The van der Waals surface area contributed by atoms with Crippen molar-refractivity contribution < 1.29 is 0 Å². The molecule has 0 aromatic rings. The first-order valence-corrected chi connectivity index (χ1v) is 7.26. The predicted octanol–water partition coefficient (Wildman–Crippen LogP) is 2.48. The first kappa shape index (κ1) is 12.4. The molecule has 2 aliphatic rings. The second-order valence-electron chi connectivity index (χ2n) is 5.86. The van der Waals surface area contributed by atoms with E-state index in [2.05, 4.69) is 11.8 Å². The van der Waals surface area contributed by atoms with Gasteiger partial charge in [-0.1, -0.05) is 19.8 Å². The minimum atomic E-state index is 0.821. The number of nitrogens with zero attached hydrogens (tertiary/aromatic N) is 1. The molecule has 2 N–H and O–H groups in total. The van der Waals surface area contributed by atoms with Crippen molar-refractivity contribution >= 4 is 0 Å². The van der Waals surface area contributed by atoms with Crippen LogP contribution >= 0.6 is 0 Å². The fourth-order valence-corrected chi connectivity index (χ4v) is 3.65. The van der Waals surface area contributed by atoms with Crippen LogP contribution in [0.2, 0.25) is 0 Å². The van der Waals surface area contributed by atoms with Crippen LogP contribution in [0.15, 0.2) is 0 Å². The molecule has 3 atom stereocenters. The average Bonchev–Trinajstić information content (AvgIpc) is 2.76. The van der Waals surface area contributed by atoms with Crippen LogP contribution in [0.1, 0.15) is 45.4 Å². The molecule has 2 rings (SSSR count). The number of hydrogen-bond donors (Lipinski definition) is 1. The quantitative estimate of drug-likeness (QED) is 0.795. The second kappa shape index (κ2) is 6.02. The highest BCUT2D eigenvalue weighted by molar-refractivity contribution is 4.82. The maximum Gasteiger partial charge on any atom is 0.00129 e. The summed E-state index contributed by atoms with van der Waals surface area (Å²) < 4.78 is 0. The molecule has 1 aliphatic heterocycles. The standard InChI is InChI=1S/C14H28N2/c1-2-12-5-4-8-16(10-12)11-14-7-3-6-13(14)9-15/h12-14H,2-11,15H2,1H3. The Balaban J connectivity index is 1.79. The van der Waals surface area contributed by atoms with E-state index in [0.29, 0.717) is 0 Å². The van der Waals surface area contributed by atoms with Crippen molar-refractivity contribution in [2.75, 3.05) is 26.2 Å². The van der Waals surface area contributed by atoms with E-state index in [1.807, 2.05) is 0 Å². The van der Waals surface area contributed by atoms with E-state index in [-0.39, 0.29) is 0 Å². The van der Waals surface area contributed by atoms with Gasteiger partial charge in [0, 0.05) is 13.1 Å². The van der Waals surface area contributed by atoms with Crippen LogP contribution in [0.4, 0.5) is 0 Å². The van der Waals surface area contributed by atoms with Gasteiger partial charge in [-0.25, -0.2) is 0 Å². The minimum absolute atomic E-state index is 0.821. The van der Waals surface area contributed by atoms with E-state index in [0.717, 1.165) is 24.3 Å². The van der Waals surface area contributed by atoms with Crippen molar-refractivity contribution in [1.29, 1.82) is 0 Å². The van der Waals surface area contributed by atoms with Crippen molar-refractivity contribution in [3.8, 4) is 0 Å². The Morgan fingerprint density at radius 1 is 1.12 bits per heavy atom. The average molecular weight is 224 g/mol. The molecule has 0 aromatic carbocycles. The third-order valence-corrected chi connectivity index (χ3v) is 4.79. The van der Waals surface area contributed by atoms with Gasteiger partial charge < -0.3 is 10.6 Å². The third-order valence-electron chi connectivity index (χ3n) is 4.79. The van der Waals surface area contributed by atoms with Crippen LogP contribution < -0.4 is 5.73 Å². The maximum atomic E-state index is 5.86. The van der Waals surface area contributed by atoms with Crippen LogP contribution in [0.25, 0.3) is 0 Å². The summed E-state index contributed by atoms with van der Waals surface area (Å²) in [6.45, 7) is 7.27. The fourth-order valence-electron chi connectivity index (χ4n) is 3.65. The van der Waals surface area contributed by atoms with Gasteiger partial charge in [0.15, 0.2) is 0 Å². The van der Waals surface area contributed by atoms with Gasteiger partial charge in [0.1, 0.15) is 0 Å². The Morgan fingerprint density at radius 2 is 1.94 bits per heavy atom. The number of piperidine rings is 1. The SMILES string of the molecule is CCC1CCCN(CC2CCCC2CN)C1. The van der Waals surface area contributed by atoms with Crippen LogP contribution in [0.5, 0.6) is 0 Å². The summed E-state index contributed by atoms with van der Waals surface area (Å²) >= 11 is 0. The van der Waals surface area contributed by atoms with E-state index in [9.17, 15) is 0 Å². The van der Waals surface area contributed by atoms with Gasteiger partial charge in [0.25, 0.3) is 0 Å². The van der Waals surface area contributed by atoms with E-state index >= 15 is 0 Å². The molecule has 0 aromatic heterocycles. The van der Waals surface area contributed by atoms with Gasteiger partial charge in [-0.15, -0.1) is 0 Å². The smallest absolute Gasteiger partial charge is 0.00129 e. The summed E-state index contributed by atoms with van der Waals surface area (Å²) in [5.74, 6) is 2.69. The van der Waals surface area contributed by atoms with Gasteiger partial charge in [-0.05, 0) is 56.5 Å². The molecular formula is C14H28N2. The van der Waals surface area contributed by atoms with Crippen LogP contribution in [-0.4, -0.2) is 31.1 Å². The molecule has 2 heteroatoms. The minimum Gasteiger partial charge on any atom is -0.330 e. The maximum absolute atomic E-state index is 5.86. The summed E-state index contributed by atoms with van der Waals surface area (Å²) in [5.41, 5.74) is 5.86. The topological polar surface area (TPSA) is 29.3 Å². The highest BCUT2D eigenvalue weighted by Gasteiger charge is 2.29. The summed E-state index contributed by atoms with van der Waals surface area (Å²) in [7, 11) is 0. The molecule has 1 heterocycles. The van der Waals surface area contributed by atoms with Crippen LogP contribution in [0.3, 0.4) is 0 Å².